The average molecular weight is 308 g/mol. The normalized spacial score (nSPS) is 12.2. The monoisotopic (exact) mass is 307 g/mol. The van der Waals surface area contributed by atoms with Gasteiger partial charge in [-0.2, -0.15) is 5.10 Å². The summed E-state index contributed by atoms with van der Waals surface area (Å²) in [6.45, 7) is 0. The van der Waals surface area contributed by atoms with E-state index in [0.717, 1.165) is 15.7 Å². The molecule has 0 bridgehead atoms. The summed E-state index contributed by atoms with van der Waals surface area (Å²) in [5.74, 6) is 0.492. The summed E-state index contributed by atoms with van der Waals surface area (Å²) in [6, 6.07) is 11.4. The highest BCUT2D eigenvalue weighted by Gasteiger charge is 2.11. The molecule has 0 saturated heterocycles. The SMILES string of the molecule is COc1ccc(C(N)Cc2ccccc2Br)nn1. The van der Waals surface area contributed by atoms with Crippen LogP contribution in [0.4, 0.5) is 0 Å². The largest absolute Gasteiger partial charge is 0.480 e. The van der Waals surface area contributed by atoms with E-state index >= 15 is 0 Å². The van der Waals surface area contributed by atoms with Crippen molar-refractivity contribution in [3.8, 4) is 5.88 Å². The van der Waals surface area contributed by atoms with Crippen LogP contribution in [0.15, 0.2) is 40.9 Å². The van der Waals surface area contributed by atoms with Crippen LogP contribution < -0.4 is 10.5 Å². The molecule has 1 aromatic heterocycles. The van der Waals surface area contributed by atoms with Crippen molar-refractivity contribution in [1.82, 2.24) is 10.2 Å². The molecule has 1 aromatic carbocycles. The molecule has 0 aliphatic heterocycles. The molecule has 0 amide bonds. The second-order valence-electron chi connectivity index (χ2n) is 3.90. The molecule has 1 unspecified atom stereocenters. The quantitative estimate of drug-likeness (QED) is 0.942. The molecule has 2 rings (SSSR count). The molecule has 1 atom stereocenters. The van der Waals surface area contributed by atoms with Gasteiger partial charge < -0.3 is 10.5 Å². The van der Waals surface area contributed by atoms with Gasteiger partial charge in [-0.25, -0.2) is 0 Å². The zero-order valence-electron chi connectivity index (χ0n) is 10.0. The van der Waals surface area contributed by atoms with E-state index in [1.165, 1.54) is 0 Å². The minimum Gasteiger partial charge on any atom is -0.480 e. The summed E-state index contributed by atoms with van der Waals surface area (Å²) >= 11 is 3.51. The lowest BCUT2D eigenvalue weighted by Gasteiger charge is -2.12. The van der Waals surface area contributed by atoms with Gasteiger partial charge in [-0.1, -0.05) is 34.1 Å². The lowest BCUT2D eigenvalue weighted by atomic mass is 10.0. The number of nitrogens with zero attached hydrogens (tertiary/aromatic N) is 2. The van der Waals surface area contributed by atoms with E-state index in [1.807, 2.05) is 30.3 Å². The van der Waals surface area contributed by atoms with Crippen LogP contribution in [0.2, 0.25) is 0 Å². The van der Waals surface area contributed by atoms with Crippen LogP contribution in [-0.2, 0) is 6.42 Å². The van der Waals surface area contributed by atoms with Gasteiger partial charge in [0.15, 0.2) is 0 Å². The topological polar surface area (TPSA) is 61.0 Å². The van der Waals surface area contributed by atoms with Crippen LogP contribution in [0.1, 0.15) is 17.3 Å². The Morgan fingerprint density at radius 3 is 2.61 bits per heavy atom. The Morgan fingerprint density at radius 1 is 1.22 bits per heavy atom. The van der Waals surface area contributed by atoms with Crippen LogP contribution in [0.5, 0.6) is 5.88 Å². The first kappa shape index (κ1) is 13.0. The molecule has 1 heterocycles. The first-order chi connectivity index (χ1) is 8.70. The van der Waals surface area contributed by atoms with Crippen LogP contribution in [-0.4, -0.2) is 17.3 Å². The third-order valence-electron chi connectivity index (χ3n) is 2.65. The first-order valence-corrected chi connectivity index (χ1v) is 6.36. The summed E-state index contributed by atoms with van der Waals surface area (Å²) in [6.07, 6.45) is 0.711. The lowest BCUT2D eigenvalue weighted by Crippen LogP contribution is -2.15. The minimum atomic E-state index is -0.179. The molecule has 0 radical (unpaired) electrons. The molecule has 5 heteroatoms. The van der Waals surface area contributed by atoms with E-state index in [2.05, 4.69) is 26.1 Å². The van der Waals surface area contributed by atoms with Gasteiger partial charge in [0.25, 0.3) is 0 Å². The van der Waals surface area contributed by atoms with Gasteiger partial charge in [-0.15, -0.1) is 5.10 Å². The lowest BCUT2D eigenvalue weighted by molar-refractivity contribution is 0.390. The van der Waals surface area contributed by atoms with Crippen molar-refractivity contribution in [3.63, 3.8) is 0 Å². The fourth-order valence-corrected chi connectivity index (χ4v) is 2.09. The number of benzene rings is 1. The maximum Gasteiger partial charge on any atom is 0.233 e. The van der Waals surface area contributed by atoms with Crippen molar-refractivity contribution in [1.29, 1.82) is 0 Å². The molecule has 2 aromatic rings. The van der Waals surface area contributed by atoms with Gasteiger partial charge in [0.1, 0.15) is 0 Å². The number of halogens is 1. The molecule has 0 saturated carbocycles. The highest BCUT2D eigenvalue weighted by Crippen LogP contribution is 2.21. The number of aromatic nitrogens is 2. The van der Waals surface area contributed by atoms with Crippen molar-refractivity contribution >= 4 is 15.9 Å². The number of rotatable bonds is 4. The second kappa shape index (κ2) is 5.93. The molecular weight excluding hydrogens is 294 g/mol. The second-order valence-corrected chi connectivity index (χ2v) is 4.76. The van der Waals surface area contributed by atoms with E-state index in [1.54, 1.807) is 13.2 Å². The highest BCUT2D eigenvalue weighted by atomic mass is 79.9. The first-order valence-electron chi connectivity index (χ1n) is 5.57. The predicted octanol–water partition coefficient (Wildman–Crippen LogP) is 2.49. The van der Waals surface area contributed by atoms with Gasteiger partial charge in [0.2, 0.25) is 5.88 Å². The van der Waals surface area contributed by atoms with Crippen molar-refractivity contribution in [2.75, 3.05) is 7.11 Å². The van der Waals surface area contributed by atoms with Crippen molar-refractivity contribution in [2.45, 2.75) is 12.5 Å². The number of hydrogen-bond acceptors (Lipinski definition) is 4. The van der Waals surface area contributed by atoms with Gasteiger partial charge in [-0.05, 0) is 24.1 Å². The van der Waals surface area contributed by atoms with Crippen molar-refractivity contribution in [2.24, 2.45) is 5.73 Å². The number of nitrogens with two attached hydrogens (primary N) is 1. The molecule has 2 N–H and O–H groups in total. The summed E-state index contributed by atoms with van der Waals surface area (Å²) in [7, 11) is 1.56. The molecule has 0 spiro atoms. The fraction of sp³-hybridized carbons (Fsp3) is 0.231. The zero-order valence-corrected chi connectivity index (χ0v) is 11.6. The van der Waals surface area contributed by atoms with Crippen LogP contribution >= 0.6 is 15.9 Å². The molecular formula is C13H14BrN3O. The maximum absolute atomic E-state index is 6.12. The van der Waals surface area contributed by atoms with Gasteiger partial charge in [-0.3, -0.25) is 0 Å². The average Bonchev–Trinajstić information content (AvgIpc) is 2.41. The van der Waals surface area contributed by atoms with Crippen molar-refractivity contribution in [3.05, 3.63) is 52.1 Å². The predicted molar refractivity (Wildman–Crippen MR) is 73.4 cm³/mol. The van der Waals surface area contributed by atoms with Gasteiger partial charge in [0.05, 0.1) is 18.8 Å². The van der Waals surface area contributed by atoms with Crippen LogP contribution in [0.25, 0.3) is 0 Å². The Balaban J connectivity index is 2.11. The maximum atomic E-state index is 6.12. The highest BCUT2D eigenvalue weighted by molar-refractivity contribution is 9.10. The van der Waals surface area contributed by atoms with E-state index in [9.17, 15) is 0 Å². The Labute approximate surface area is 114 Å². The van der Waals surface area contributed by atoms with E-state index in [-0.39, 0.29) is 6.04 Å². The molecule has 0 aliphatic rings. The van der Waals surface area contributed by atoms with Crippen molar-refractivity contribution < 1.29 is 4.74 Å². The Hall–Kier alpha value is -1.46. The Bertz CT molecular complexity index is 516. The van der Waals surface area contributed by atoms with E-state index in [0.29, 0.717) is 12.3 Å². The zero-order chi connectivity index (χ0) is 13.0. The number of ether oxygens (including phenoxy) is 1. The number of hydrogen-bond donors (Lipinski definition) is 1. The molecule has 4 nitrogen and oxygen atoms in total. The molecule has 0 aliphatic carbocycles. The molecule has 94 valence electrons. The summed E-state index contributed by atoms with van der Waals surface area (Å²) in [5.41, 5.74) is 8.03. The van der Waals surface area contributed by atoms with Gasteiger partial charge >= 0.3 is 0 Å². The smallest absolute Gasteiger partial charge is 0.233 e. The van der Waals surface area contributed by atoms with Gasteiger partial charge in [0, 0.05) is 10.5 Å². The fourth-order valence-electron chi connectivity index (χ4n) is 1.64. The standard InChI is InChI=1S/C13H14BrN3O/c1-18-13-7-6-12(16-17-13)11(15)8-9-4-2-3-5-10(9)14/h2-7,11H,8,15H2,1H3. The molecule has 0 fully saturated rings. The minimum absolute atomic E-state index is 0.179. The Morgan fingerprint density at radius 2 is 2.00 bits per heavy atom. The third kappa shape index (κ3) is 3.05. The van der Waals surface area contributed by atoms with E-state index < -0.39 is 0 Å². The number of methoxy groups -OCH3 is 1. The summed E-state index contributed by atoms with van der Waals surface area (Å²) < 4.78 is 6.02. The summed E-state index contributed by atoms with van der Waals surface area (Å²) in [5, 5.41) is 7.98. The van der Waals surface area contributed by atoms with E-state index in [4.69, 9.17) is 10.5 Å². The Kier molecular flexibility index (Phi) is 4.28. The summed E-state index contributed by atoms with van der Waals surface area (Å²) in [4.78, 5) is 0. The third-order valence-corrected chi connectivity index (χ3v) is 3.42. The van der Waals surface area contributed by atoms with Crippen LogP contribution in [0.3, 0.4) is 0 Å². The van der Waals surface area contributed by atoms with Crippen LogP contribution in [0, 0.1) is 0 Å². The molecule has 18 heavy (non-hydrogen) atoms.